The number of hydrogen-bond donors (Lipinski definition) is 0. The van der Waals surface area contributed by atoms with Crippen molar-refractivity contribution in [2.24, 2.45) is 0 Å². The third kappa shape index (κ3) is 8.70. The highest BCUT2D eigenvalue weighted by molar-refractivity contribution is 9.10. The number of esters is 2. The summed E-state index contributed by atoms with van der Waals surface area (Å²) in [5.74, 6) is -1.42. The Hall–Kier alpha value is -3.64. The lowest BCUT2D eigenvalue weighted by Crippen LogP contribution is -2.25. The van der Waals surface area contributed by atoms with Crippen molar-refractivity contribution in [2.75, 3.05) is 14.2 Å². The number of hydrogen-bond acceptors (Lipinski definition) is 9. The maximum atomic E-state index is 12.2. The smallest absolute Gasteiger partial charge is 0.350 e. The number of halogens is 3. The van der Waals surface area contributed by atoms with Crippen molar-refractivity contribution in [3.8, 4) is 11.3 Å². The van der Waals surface area contributed by atoms with E-state index in [-0.39, 0.29) is 16.4 Å². The van der Waals surface area contributed by atoms with Crippen LogP contribution in [0.25, 0.3) is 11.3 Å². The first kappa shape index (κ1) is 33.9. The molecule has 0 N–H and O–H groups in total. The Balaban J connectivity index is 0.000000285. The van der Waals surface area contributed by atoms with Gasteiger partial charge in [0.25, 0.3) is 5.69 Å². The van der Waals surface area contributed by atoms with Gasteiger partial charge in [-0.2, -0.15) is 0 Å². The molecule has 0 aliphatic heterocycles. The first-order chi connectivity index (χ1) is 20.4. The Labute approximate surface area is 270 Å². The molecule has 0 radical (unpaired) electrons. The Bertz CT molecular complexity index is 1660. The van der Waals surface area contributed by atoms with Gasteiger partial charge in [-0.15, -0.1) is 11.3 Å². The topological polar surface area (TPSA) is 126 Å². The molecule has 4 aromatic rings. The molecule has 0 aliphatic rings. The number of thiazole rings is 1. The lowest BCUT2D eigenvalue weighted by Gasteiger charge is -2.06. The molecule has 43 heavy (non-hydrogen) atoms. The van der Waals surface area contributed by atoms with Crippen LogP contribution in [0.2, 0.25) is 10.0 Å². The fourth-order valence-corrected chi connectivity index (χ4v) is 5.59. The lowest BCUT2D eigenvalue weighted by molar-refractivity contribution is -0.385. The van der Waals surface area contributed by atoms with E-state index in [4.69, 9.17) is 27.9 Å². The van der Waals surface area contributed by atoms with Gasteiger partial charge in [-0.3, -0.25) is 19.7 Å². The average molecular weight is 708 g/mol. The number of nitro benzene ring substituents is 1. The van der Waals surface area contributed by atoms with Crippen LogP contribution in [0.5, 0.6) is 0 Å². The molecule has 0 saturated carbocycles. The van der Waals surface area contributed by atoms with Gasteiger partial charge in [0.05, 0.1) is 29.8 Å². The lowest BCUT2D eigenvalue weighted by atomic mass is 10.0. The standard InChI is InChI=1S/C20H17ClN2O4S.C10H8BrClO3/c1-11-9-16(23(25)26)12(2)8-14(11)10-17-22-18(19(28-17)20(24)27-3)13-4-6-15(21)7-5-13;1-15-10(14)8(11)9(13)6-2-4-7(12)5-3-6/h4-9H,10H2,1-3H3;2-5,8H,1H3. The highest BCUT2D eigenvalue weighted by Crippen LogP contribution is 2.32. The number of Topliss-reactive ketones (excluding diaryl/α,β-unsaturated/α-hetero) is 1. The third-order valence-electron chi connectivity index (χ3n) is 6.12. The van der Waals surface area contributed by atoms with E-state index in [1.165, 1.54) is 25.6 Å². The fraction of sp³-hybridized carbons (Fsp3) is 0.200. The molecule has 0 saturated heterocycles. The number of carbonyl (C=O) groups excluding carboxylic acids is 3. The maximum absolute atomic E-state index is 12.2. The van der Waals surface area contributed by atoms with Crippen molar-refractivity contribution >= 4 is 73.9 Å². The van der Waals surface area contributed by atoms with Crippen LogP contribution in [0.1, 0.15) is 41.7 Å². The summed E-state index contributed by atoms with van der Waals surface area (Å²) in [5.41, 5.74) is 4.14. The van der Waals surface area contributed by atoms with Crippen molar-refractivity contribution in [3.63, 3.8) is 0 Å². The van der Waals surface area contributed by atoms with E-state index < -0.39 is 16.8 Å². The fourth-order valence-electron chi connectivity index (χ4n) is 3.86. The van der Waals surface area contributed by atoms with Crippen molar-refractivity contribution in [1.82, 2.24) is 4.98 Å². The van der Waals surface area contributed by atoms with E-state index in [0.29, 0.717) is 38.2 Å². The second-order valence-electron chi connectivity index (χ2n) is 9.04. The number of aromatic nitrogens is 1. The molecule has 224 valence electrons. The number of nitrogens with zero attached hydrogens (tertiary/aromatic N) is 2. The minimum Gasteiger partial charge on any atom is -0.468 e. The summed E-state index contributed by atoms with van der Waals surface area (Å²) >= 11 is 15.8. The zero-order valence-corrected chi connectivity index (χ0v) is 27.3. The SMILES string of the molecule is COC(=O)C(Br)C(=O)c1ccc(Cl)cc1.COC(=O)c1sc(Cc2cc(C)c([N+](=O)[O-])cc2C)nc1-c1ccc(Cl)cc1. The van der Waals surface area contributed by atoms with Crippen LogP contribution in [-0.4, -0.2) is 46.7 Å². The highest BCUT2D eigenvalue weighted by Gasteiger charge is 2.25. The van der Waals surface area contributed by atoms with Crippen molar-refractivity contribution in [2.45, 2.75) is 25.1 Å². The number of ether oxygens (including phenoxy) is 2. The van der Waals surface area contributed by atoms with Gasteiger partial charge in [-0.25, -0.2) is 9.78 Å². The van der Waals surface area contributed by atoms with Gasteiger partial charge in [-0.1, -0.05) is 51.3 Å². The molecule has 1 aromatic heterocycles. The van der Waals surface area contributed by atoms with Gasteiger partial charge < -0.3 is 9.47 Å². The molecule has 0 amide bonds. The number of benzene rings is 3. The molecule has 0 bridgehead atoms. The number of rotatable bonds is 8. The zero-order valence-electron chi connectivity index (χ0n) is 23.4. The quantitative estimate of drug-likeness (QED) is 0.0453. The van der Waals surface area contributed by atoms with Crippen LogP contribution in [-0.2, 0) is 20.7 Å². The van der Waals surface area contributed by atoms with E-state index in [1.54, 1.807) is 67.6 Å². The number of aryl methyl sites for hydroxylation is 2. The molecule has 1 unspecified atom stereocenters. The molecule has 1 atom stereocenters. The van der Waals surface area contributed by atoms with Gasteiger partial charge in [0.1, 0.15) is 4.88 Å². The zero-order chi connectivity index (χ0) is 31.8. The number of carbonyl (C=O) groups is 3. The molecule has 4 rings (SSSR count). The molecule has 3 aromatic carbocycles. The van der Waals surface area contributed by atoms with Gasteiger partial charge in [-0.05, 0) is 67.4 Å². The van der Waals surface area contributed by atoms with Crippen LogP contribution in [0.3, 0.4) is 0 Å². The van der Waals surface area contributed by atoms with Crippen molar-refractivity contribution in [3.05, 3.63) is 113 Å². The number of nitro groups is 1. The minimum atomic E-state index is -0.969. The first-order valence-electron chi connectivity index (χ1n) is 12.5. The summed E-state index contributed by atoms with van der Waals surface area (Å²) in [5, 5.41) is 13.0. The number of alkyl halides is 1. The Kier molecular flexibility index (Phi) is 12.0. The van der Waals surface area contributed by atoms with Gasteiger partial charge in [0, 0.05) is 39.2 Å². The first-order valence-corrected chi connectivity index (χ1v) is 14.9. The molecule has 9 nitrogen and oxygen atoms in total. The summed E-state index contributed by atoms with van der Waals surface area (Å²) in [7, 11) is 2.56. The number of ketones is 1. The number of methoxy groups -OCH3 is 2. The summed E-state index contributed by atoms with van der Waals surface area (Å²) < 4.78 is 9.35. The molecule has 0 spiro atoms. The second-order valence-corrected chi connectivity index (χ2v) is 11.9. The minimum absolute atomic E-state index is 0.0949. The van der Waals surface area contributed by atoms with Gasteiger partial charge >= 0.3 is 11.9 Å². The Morgan fingerprint density at radius 1 is 0.953 bits per heavy atom. The van der Waals surface area contributed by atoms with E-state index in [1.807, 2.05) is 6.92 Å². The van der Waals surface area contributed by atoms with Gasteiger partial charge in [0.2, 0.25) is 0 Å². The van der Waals surface area contributed by atoms with E-state index in [0.717, 1.165) is 21.7 Å². The van der Waals surface area contributed by atoms with E-state index >= 15 is 0 Å². The van der Waals surface area contributed by atoms with Crippen LogP contribution < -0.4 is 0 Å². The highest BCUT2D eigenvalue weighted by atomic mass is 79.9. The summed E-state index contributed by atoms with van der Waals surface area (Å²) in [6.07, 6.45) is 0.465. The average Bonchev–Trinajstić information content (AvgIpc) is 3.41. The van der Waals surface area contributed by atoms with Crippen LogP contribution in [0.15, 0.2) is 60.7 Å². The largest absolute Gasteiger partial charge is 0.468 e. The molecule has 13 heteroatoms. The maximum Gasteiger partial charge on any atom is 0.350 e. The van der Waals surface area contributed by atoms with Crippen LogP contribution >= 0.6 is 50.5 Å². The summed E-state index contributed by atoms with van der Waals surface area (Å²) in [6.45, 7) is 3.54. The predicted molar refractivity (Wildman–Crippen MR) is 170 cm³/mol. The molecular weight excluding hydrogens is 683 g/mol. The summed E-state index contributed by atoms with van der Waals surface area (Å²) in [4.78, 5) is 49.8. The molecule has 0 fully saturated rings. The Morgan fingerprint density at radius 2 is 1.53 bits per heavy atom. The van der Waals surface area contributed by atoms with Crippen molar-refractivity contribution in [1.29, 1.82) is 0 Å². The van der Waals surface area contributed by atoms with E-state index in [2.05, 4.69) is 25.7 Å². The molecule has 1 heterocycles. The van der Waals surface area contributed by atoms with Gasteiger partial charge in [0.15, 0.2) is 10.6 Å². The molecular formula is C30H25BrCl2N2O7S. The van der Waals surface area contributed by atoms with E-state index in [9.17, 15) is 24.5 Å². The second kappa shape index (κ2) is 15.2. The predicted octanol–water partition coefficient (Wildman–Crippen LogP) is 7.83. The summed E-state index contributed by atoms with van der Waals surface area (Å²) in [6, 6.07) is 16.7. The Morgan fingerprint density at radius 3 is 2.07 bits per heavy atom. The monoisotopic (exact) mass is 706 g/mol. The third-order valence-corrected chi connectivity index (χ3v) is 8.45. The molecule has 0 aliphatic carbocycles. The van der Waals surface area contributed by atoms with Crippen LogP contribution in [0.4, 0.5) is 5.69 Å². The van der Waals surface area contributed by atoms with Crippen molar-refractivity contribution < 1.29 is 28.8 Å². The van der Waals surface area contributed by atoms with Crippen LogP contribution in [0, 0.1) is 24.0 Å². The normalized spacial score (nSPS) is 11.1.